The number of Topliss-reactive ketones (excluding diaryl/α,β-unsaturated/α-hetero) is 1. The van der Waals surface area contributed by atoms with Crippen LogP contribution in [0.15, 0.2) is 16.6 Å². The third-order valence-corrected chi connectivity index (χ3v) is 3.32. The molecule has 0 fully saturated rings. The van der Waals surface area contributed by atoms with Crippen molar-refractivity contribution in [2.75, 3.05) is 0 Å². The molecule has 0 bridgehead atoms. The molecular weight excluding hydrogens is 404 g/mol. The summed E-state index contributed by atoms with van der Waals surface area (Å²) in [4.78, 5) is 11.2. The highest BCUT2D eigenvalue weighted by molar-refractivity contribution is 14.1. The molecule has 0 radical (unpaired) electrons. The molecule has 0 aromatic heterocycles. The summed E-state index contributed by atoms with van der Waals surface area (Å²) in [5.41, 5.74) is 0.183. The fourth-order valence-electron chi connectivity index (χ4n) is 1.06. The molecule has 7 heteroatoms. The fourth-order valence-corrected chi connectivity index (χ4v) is 2.97. The predicted molar refractivity (Wildman–Crippen MR) is 63.5 cm³/mol. The second-order valence-electron chi connectivity index (χ2n) is 2.84. The van der Waals surface area contributed by atoms with Gasteiger partial charge in [-0.05, 0) is 57.6 Å². The SMILES string of the molecule is CC(=O)c1c(I)ccc(OC(F)(F)F)c1Br. The van der Waals surface area contributed by atoms with E-state index in [9.17, 15) is 18.0 Å². The standard InChI is InChI=1S/C9H5BrF3IO2/c1-4(15)7-5(14)2-3-6(8(7)10)16-9(11,12)13/h2-3H,1H3. The van der Waals surface area contributed by atoms with Gasteiger partial charge in [0.25, 0.3) is 0 Å². The molecule has 1 aromatic rings. The molecule has 88 valence electrons. The molecule has 0 aliphatic rings. The molecule has 16 heavy (non-hydrogen) atoms. The topological polar surface area (TPSA) is 26.3 Å². The minimum Gasteiger partial charge on any atom is -0.405 e. The molecule has 0 amide bonds. The number of ketones is 1. The van der Waals surface area contributed by atoms with Crippen molar-refractivity contribution < 1.29 is 22.7 Å². The van der Waals surface area contributed by atoms with Crippen molar-refractivity contribution >= 4 is 44.3 Å². The van der Waals surface area contributed by atoms with E-state index in [1.807, 2.05) is 22.6 Å². The number of alkyl halides is 3. The highest BCUT2D eigenvalue weighted by Gasteiger charge is 2.32. The lowest BCUT2D eigenvalue weighted by molar-refractivity contribution is -0.274. The lowest BCUT2D eigenvalue weighted by Crippen LogP contribution is -2.18. The number of carbonyl (C=O) groups is 1. The van der Waals surface area contributed by atoms with Gasteiger partial charge in [0.05, 0.1) is 4.47 Å². The Morgan fingerprint density at radius 3 is 2.44 bits per heavy atom. The van der Waals surface area contributed by atoms with E-state index in [0.29, 0.717) is 3.57 Å². The molecule has 0 aliphatic carbocycles. The van der Waals surface area contributed by atoms with Crippen LogP contribution in [0, 0.1) is 3.57 Å². The summed E-state index contributed by atoms with van der Waals surface area (Å²) in [6, 6.07) is 2.55. The minimum absolute atomic E-state index is 0.0178. The Morgan fingerprint density at radius 1 is 1.44 bits per heavy atom. The molecule has 1 aromatic carbocycles. The Morgan fingerprint density at radius 2 is 2.00 bits per heavy atom. The van der Waals surface area contributed by atoms with Crippen LogP contribution in [0.25, 0.3) is 0 Å². The number of halogens is 5. The van der Waals surface area contributed by atoms with Crippen molar-refractivity contribution in [3.8, 4) is 5.75 Å². The van der Waals surface area contributed by atoms with Crippen LogP contribution in [0.2, 0.25) is 0 Å². The van der Waals surface area contributed by atoms with Crippen LogP contribution in [0.5, 0.6) is 5.75 Å². The second kappa shape index (κ2) is 4.91. The Kier molecular flexibility index (Phi) is 4.22. The zero-order valence-corrected chi connectivity index (χ0v) is 11.6. The maximum atomic E-state index is 12.0. The van der Waals surface area contributed by atoms with E-state index in [1.165, 1.54) is 13.0 Å². The quantitative estimate of drug-likeness (QED) is 0.542. The first-order chi connectivity index (χ1) is 7.22. The number of benzene rings is 1. The van der Waals surface area contributed by atoms with Crippen LogP contribution >= 0.6 is 38.5 Å². The summed E-state index contributed by atoms with van der Waals surface area (Å²) in [5, 5.41) is 0. The molecule has 1 rings (SSSR count). The van der Waals surface area contributed by atoms with E-state index < -0.39 is 12.1 Å². The molecular formula is C9H5BrF3IO2. The average molecular weight is 409 g/mol. The first-order valence-corrected chi connectivity index (χ1v) is 5.84. The Hall–Kier alpha value is -0.310. The van der Waals surface area contributed by atoms with Gasteiger partial charge >= 0.3 is 6.36 Å². The maximum absolute atomic E-state index is 12.0. The van der Waals surface area contributed by atoms with Crippen molar-refractivity contribution in [3.63, 3.8) is 0 Å². The molecule has 0 atom stereocenters. The highest BCUT2D eigenvalue weighted by atomic mass is 127. The number of hydrogen-bond acceptors (Lipinski definition) is 2. The molecule has 0 N–H and O–H groups in total. The van der Waals surface area contributed by atoms with Crippen molar-refractivity contribution in [1.82, 2.24) is 0 Å². The van der Waals surface area contributed by atoms with E-state index in [0.717, 1.165) is 6.07 Å². The fraction of sp³-hybridized carbons (Fsp3) is 0.222. The van der Waals surface area contributed by atoms with E-state index in [-0.39, 0.29) is 15.8 Å². The summed E-state index contributed by atoms with van der Waals surface area (Å²) in [6.07, 6.45) is -4.77. The number of ether oxygens (including phenoxy) is 1. The molecule has 0 saturated heterocycles. The number of carbonyl (C=O) groups excluding carboxylic acids is 1. The Balaban J connectivity index is 3.24. The van der Waals surface area contributed by atoms with Gasteiger partial charge in [-0.3, -0.25) is 4.79 Å². The summed E-state index contributed by atoms with van der Waals surface area (Å²) in [5.74, 6) is -0.748. The molecule has 0 unspecified atom stereocenters. The van der Waals surface area contributed by atoms with Gasteiger partial charge in [0.15, 0.2) is 5.78 Å². The highest BCUT2D eigenvalue weighted by Crippen LogP contribution is 2.35. The van der Waals surface area contributed by atoms with E-state index >= 15 is 0 Å². The van der Waals surface area contributed by atoms with Crippen LogP contribution in [-0.2, 0) is 0 Å². The largest absolute Gasteiger partial charge is 0.573 e. The molecule has 0 aliphatic heterocycles. The minimum atomic E-state index is -4.77. The second-order valence-corrected chi connectivity index (χ2v) is 4.79. The van der Waals surface area contributed by atoms with Crippen LogP contribution in [0.4, 0.5) is 13.2 Å². The van der Waals surface area contributed by atoms with Crippen LogP contribution in [-0.4, -0.2) is 12.1 Å². The first-order valence-electron chi connectivity index (χ1n) is 3.97. The number of rotatable bonds is 2. The van der Waals surface area contributed by atoms with Gasteiger partial charge in [0.1, 0.15) is 5.75 Å². The lowest BCUT2D eigenvalue weighted by Gasteiger charge is -2.13. The van der Waals surface area contributed by atoms with Crippen LogP contribution < -0.4 is 4.74 Å². The molecule has 2 nitrogen and oxygen atoms in total. The molecule has 0 saturated carbocycles. The molecule has 0 spiro atoms. The van der Waals surface area contributed by atoms with Gasteiger partial charge in [0.2, 0.25) is 0 Å². The Bertz CT molecular complexity index is 431. The summed E-state index contributed by atoms with van der Waals surface area (Å²) in [6.45, 7) is 1.28. The van der Waals surface area contributed by atoms with E-state index in [4.69, 9.17) is 0 Å². The summed E-state index contributed by atoms with van der Waals surface area (Å²) >= 11 is 4.80. The predicted octanol–water partition coefficient (Wildman–Crippen LogP) is 4.15. The zero-order valence-electron chi connectivity index (χ0n) is 7.86. The third kappa shape index (κ3) is 3.34. The van der Waals surface area contributed by atoms with E-state index in [2.05, 4.69) is 20.7 Å². The van der Waals surface area contributed by atoms with Gasteiger partial charge in [0, 0.05) is 9.13 Å². The first kappa shape index (κ1) is 13.8. The maximum Gasteiger partial charge on any atom is 0.573 e. The molecule has 0 heterocycles. The smallest absolute Gasteiger partial charge is 0.405 e. The van der Waals surface area contributed by atoms with Crippen molar-refractivity contribution in [2.45, 2.75) is 13.3 Å². The monoisotopic (exact) mass is 408 g/mol. The summed E-state index contributed by atoms with van der Waals surface area (Å²) in [7, 11) is 0. The third-order valence-electron chi connectivity index (χ3n) is 1.63. The van der Waals surface area contributed by atoms with E-state index in [1.54, 1.807) is 0 Å². The van der Waals surface area contributed by atoms with Gasteiger partial charge in [-0.1, -0.05) is 0 Å². The van der Waals surface area contributed by atoms with Gasteiger partial charge < -0.3 is 4.74 Å². The normalized spacial score (nSPS) is 11.4. The number of hydrogen-bond donors (Lipinski definition) is 0. The lowest BCUT2D eigenvalue weighted by atomic mass is 10.1. The van der Waals surface area contributed by atoms with Crippen LogP contribution in [0.3, 0.4) is 0 Å². The van der Waals surface area contributed by atoms with Crippen molar-refractivity contribution in [2.24, 2.45) is 0 Å². The zero-order chi connectivity index (χ0) is 12.5. The average Bonchev–Trinajstić information content (AvgIpc) is 2.07. The van der Waals surface area contributed by atoms with Gasteiger partial charge in [-0.2, -0.15) is 0 Å². The van der Waals surface area contributed by atoms with Crippen molar-refractivity contribution in [3.05, 3.63) is 25.7 Å². The van der Waals surface area contributed by atoms with Gasteiger partial charge in [-0.25, -0.2) is 0 Å². The van der Waals surface area contributed by atoms with Crippen molar-refractivity contribution in [1.29, 1.82) is 0 Å². The Labute approximate surface area is 111 Å². The van der Waals surface area contributed by atoms with Gasteiger partial charge in [-0.15, -0.1) is 13.2 Å². The summed E-state index contributed by atoms with van der Waals surface area (Å²) < 4.78 is 40.4. The van der Waals surface area contributed by atoms with Crippen LogP contribution in [0.1, 0.15) is 17.3 Å².